The Morgan fingerprint density at radius 1 is 1.27 bits per heavy atom. The van der Waals surface area contributed by atoms with Gasteiger partial charge in [0.15, 0.2) is 0 Å². The molecule has 0 fully saturated rings. The average Bonchev–Trinajstić information content (AvgIpc) is 2.54. The van der Waals surface area contributed by atoms with Gasteiger partial charge in [0.1, 0.15) is 11.6 Å². The van der Waals surface area contributed by atoms with Crippen LogP contribution in [0.5, 0.6) is 5.75 Å². The van der Waals surface area contributed by atoms with Crippen molar-refractivity contribution >= 4 is 17.7 Å². The van der Waals surface area contributed by atoms with Gasteiger partial charge in [0.05, 0.1) is 12.9 Å². The van der Waals surface area contributed by atoms with Crippen LogP contribution in [-0.2, 0) is 11.3 Å². The van der Waals surface area contributed by atoms with E-state index in [-0.39, 0.29) is 11.7 Å². The number of nitrogens with one attached hydrogen (secondary N) is 1. The van der Waals surface area contributed by atoms with E-state index < -0.39 is 0 Å². The van der Waals surface area contributed by atoms with Gasteiger partial charge in [0.2, 0.25) is 5.91 Å². The van der Waals surface area contributed by atoms with Crippen molar-refractivity contribution in [3.8, 4) is 5.75 Å². The van der Waals surface area contributed by atoms with Gasteiger partial charge in [-0.1, -0.05) is 18.2 Å². The van der Waals surface area contributed by atoms with Crippen LogP contribution in [0.2, 0.25) is 0 Å². The zero-order chi connectivity index (χ0) is 15.9. The Morgan fingerprint density at radius 2 is 2.09 bits per heavy atom. The Hall–Kier alpha value is -2.01. The highest BCUT2D eigenvalue weighted by Gasteiger charge is 2.05. The number of amides is 1. The number of carbonyl (C=O) groups excluding carboxylic acids is 1. The first-order valence-corrected chi connectivity index (χ1v) is 7.85. The van der Waals surface area contributed by atoms with E-state index in [4.69, 9.17) is 4.74 Å². The minimum atomic E-state index is -0.252. The first-order valence-electron chi connectivity index (χ1n) is 6.87. The number of ether oxygens (including phenoxy) is 1. The van der Waals surface area contributed by atoms with E-state index in [9.17, 15) is 9.18 Å². The maximum absolute atomic E-state index is 13.4. The minimum Gasteiger partial charge on any atom is -0.497 e. The molecular formula is C17H18FNO2S. The predicted molar refractivity (Wildman–Crippen MR) is 86.7 cm³/mol. The van der Waals surface area contributed by atoms with Gasteiger partial charge >= 0.3 is 0 Å². The molecule has 0 saturated heterocycles. The zero-order valence-corrected chi connectivity index (χ0v) is 13.4. The molecule has 3 nitrogen and oxygen atoms in total. The summed E-state index contributed by atoms with van der Waals surface area (Å²) >= 11 is 1.43. The molecular weight excluding hydrogens is 301 g/mol. The first kappa shape index (κ1) is 16.4. The molecule has 2 aromatic carbocycles. The van der Waals surface area contributed by atoms with Crippen LogP contribution in [0.4, 0.5) is 4.39 Å². The molecule has 0 radical (unpaired) electrons. The second-order valence-electron chi connectivity index (χ2n) is 4.83. The molecule has 0 bridgehead atoms. The number of aryl methyl sites for hydroxylation is 1. The summed E-state index contributed by atoms with van der Waals surface area (Å²) in [5.74, 6) is 0.730. The second-order valence-corrected chi connectivity index (χ2v) is 5.88. The van der Waals surface area contributed by atoms with E-state index in [0.717, 1.165) is 16.2 Å². The number of hydrogen-bond donors (Lipinski definition) is 1. The summed E-state index contributed by atoms with van der Waals surface area (Å²) in [6.45, 7) is 2.04. The first-order chi connectivity index (χ1) is 10.6. The number of rotatable bonds is 6. The van der Waals surface area contributed by atoms with Crippen molar-refractivity contribution < 1.29 is 13.9 Å². The lowest BCUT2D eigenvalue weighted by Crippen LogP contribution is -2.24. The van der Waals surface area contributed by atoms with Gasteiger partial charge in [-0.05, 0) is 42.3 Å². The lowest BCUT2D eigenvalue weighted by molar-refractivity contribution is -0.118. The Balaban J connectivity index is 1.81. The second kappa shape index (κ2) is 7.84. The fraction of sp³-hybridized carbons (Fsp3) is 0.235. The highest BCUT2D eigenvalue weighted by Crippen LogP contribution is 2.22. The fourth-order valence-electron chi connectivity index (χ4n) is 1.84. The van der Waals surface area contributed by atoms with Crippen molar-refractivity contribution in [1.82, 2.24) is 5.32 Å². The van der Waals surface area contributed by atoms with E-state index in [1.165, 1.54) is 17.8 Å². The van der Waals surface area contributed by atoms with Crippen LogP contribution in [-0.4, -0.2) is 18.8 Å². The van der Waals surface area contributed by atoms with Crippen molar-refractivity contribution in [2.75, 3.05) is 12.9 Å². The van der Waals surface area contributed by atoms with E-state index in [1.807, 2.05) is 30.3 Å². The summed E-state index contributed by atoms with van der Waals surface area (Å²) in [4.78, 5) is 12.8. The third-order valence-corrected chi connectivity index (χ3v) is 4.13. The third-order valence-electron chi connectivity index (χ3n) is 3.14. The summed E-state index contributed by atoms with van der Waals surface area (Å²) in [6.07, 6.45) is 0. The third kappa shape index (κ3) is 4.77. The molecule has 0 atom stereocenters. The van der Waals surface area contributed by atoms with Crippen LogP contribution < -0.4 is 10.1 Å². The Labute approximate surface area is 133 Å². The van der Waals surface area contributed by atoms with Gasteiger partial charge in [-0.25, -0.2) is 4.39 Å². The minimum absolute atomic E-state index is 0.0891. The molecule has 0 saturated carbocycles. The zero-order valence-electron chi connectivity index (χ0n) is 12.6. The topological polar surface area (TPSA) is 38.3 Å². The maximum atomic E-state index is 13.4. The van der Waals surface area contributed by atoms with Crippen LogP contribution in [0.3, 0.4) is 0 Å². The quantitative estimate of drug-likeness (QED) is 0.828. The molecule has 0 heterocycles. The molecule has 0 aliphatic rings. The van der Waals surface area contributed by atoms with Crippen molar-refractivity contribution in [2.24, 2.45) is 0 Å². The van der Waals surface area contributed by atoms with Gasteiger partial charge < -0.3 is 10.1 Å². The Morgan fingerprint density at radius 3 is 2.82 bits per heavy atom. The summed E-state index contributed by atoms with van der Waals surface area (Å²) in [5, 5.41) is 2.79. The van der Waals surface area contributed by atoms with E-state index in [1.54, 1.807) is 20.1 Å². The molecule has 0 spiro atoms. The highest BCUT2D eigenvalue weighted by molar-refractivity contribution is 8.00. The number of hydrogen-bond acceptors (Lipinski definition) is 3. The van der Waals surface area contributed by atoms with Crippen LogP contribution in [0.1, 0.15) is 11.1 Å². The van der Waals surface area contributed by atoms with E-state index in [0.29, 0.717) is 17.9 Å². The van der Waals surface area contributed by atoms with Crippen LogP contribution in [0, 0.1) is 12.7 Å². The molecule has 0 aliphatic carbocycles. The average molecular weight is 319 g/mol. The van der Waals surface area contributed by atoms with Gasteiger partial charge in [0.25, 0.3) is 0 Å². The summed E-state index contributed by atoms with van der Waals surface area (Å²) in [7, 11) is 1.61. The van der Waals surface area contributed by atoms with Gasteiger partial charge in [-0.2, -0.15) is 0 Å². The summed E-state index contributed by atoms with van der Waals surface area (Å²) in [5.41, 5.74) is 1.35. The number of benzene rings is 2. The van der Waals surface area contributed by atoms with E-state index >= 15 is 0 Å². The molecule has 2 rings (SSSR count). The maximum Gasteiger partial charge on any atom is 0.230 e. The fourth-order valence-corrected chi connectivity index (χ4v) is 2.61. The molecule has 116 valence electrons. The summed E-state index contributed by atoms with van der Waals surface area (Å²) < 4.78 is 18.6. The van der Waals surface area contributed by atoms with Crippen molar-refractivity contribution in [2.45, 2.75) is 18.4 Å². The number of methoxy groups -OCH3 is 1. The molecule has 2 aromatic rings. The number of thioether (sulfide) groups is 1. The number of carbonyl (C=O) groups is 1. The Kier molecular flexibility index (Phi) is 5.83. The van der Waals surface area contributed by atoms with Gasteiger partial charge in [0, 0.05) is 11.4 Å². The largest absolute Gasteiger partial charge is 0.497 e. The van der Waals surface area contributed by atoms with Gasteiger partial charge in [-0.15, -0.1) is 11.8 Å². The molecule has 0 unspecified atom stereocenters. The van der Waals surface area contributed by atoms with Gasteiger partial charge in [-0.3, -0.25) is 4.79 Å². The monoisotopic (exact) mass is 319 g/mol. The lowest BCUT2D eigenvalue weighted by Gasteiger charge is -2.07. The highest BCUT2D eigenvalue weighted by atomic mass is 32.2. The van der Waals surface area contributed by atoms with Crippen LogP contribution in [0.15, 0.2) is 47.4 Å². The molecule has 22 heavy (non-hydrogen) atoms. The van der Waals surface area contributed by atoms with Crippen LogP contribution >= 0.6 is 11.8 Å². The molecule has 1 N–H and O–H groups in total. The standard InChI is InChI=1S/C17H18FNO2S/c1-12-6-7-13(8-16(12)18)10-19-17(20)11-22-15-5-3-4-14(9-15)21-2/h3-9H,10-11H2,1-2H3,(H,19,20). The molecule has 0 aromatic heterocycles. The van der Waals surface area contributed by atoms with Crippen molar-refractivity contribution in [3.05, 3.63) is 59.4 Å². The van der Waals surface area contributed by atoms with Crippen molar-refractivity contribution in [3.63, 3.8) is 0 Å². The molecule has 0 aliphatic heterocycles. The number of halogens is 1. The lowest BCUT2D eigenvalue weighted by atomic mass is 10.1. The normalized spacial score (nSPS) is 10.3. The van der Waals surface area contributed by atoms with Crippen molar-refractivity contribution in [1.29, 1.82) is 0 Å². The predicted octanol–water partition coefficient (Wildman–Crippen LogP) is 3.55. The summed E-state index contributed by atoms with van der Waals surface area (Å²) in [6, 6.07) is 12.5. The van der Waals surface area contributed by atoms with E-state index in [2.05, 4.69) is 5.32 Å². The SMILES string of the molecule is COc1cccc(SCC(=O)NCc2ccc(C)c(F)c2)c1. The smallest absolute Gasteiger partial charge is 0.230 e. The Bertz CT molecular complexity index is 661. The molecule has 5 heteroatoms. The molecule has 1 amide bonds. The van der Waals surface area contributed by atoms with Crippen LogP contribution in [0.25, 0.3) is 0 Å².